The molecule has 0 aromatic rings. The Morgan fingerprint density at radius 1 is 0.786 bits per heavy atom. The lowest BCUT2D eigenvalue weighted by Crippen LogP contribution is -2.18. The molecule has 0 unspecified atom stereocenters. The van der Waals surface area contributed by atoms with Crippen molar-refractivity contribution in [3.63, 3.8) is 0 Å². The number of carbonyl (C=O) groups excluding carboxylic acids is 2. The van der Waals surface area contributed by atoms with E-state index in [4.69, 9.17) is 0 Å². The van der Waals surface area contributed by atoms with Gasteiger partial charge in [-0.25, -0.2) is 0 Å². The van der Waals surface area contributed by atoms with Gasteiger partial charge in [0.05, 0.1) is 0 Å². The molecular weight excluding hydrogens is 176 g/mol. The summed E-state index contributed by atoms with van der Waals surface area (Å²) < 4.78 is 0. The summed E-state index contributed by atoms with van der Waals surface area (Å²) in [6.07, 6.45) is 2.98. The Morgan fingerprint density at radius 3 is 1.29 bits per heavy atom. The van der Waals surface area contributed by atoms with E-state index in [0.717, 1.165) is 0 Å². The van der Waals surface area contributed by atoms with Crippen LogP contribution in [0.4, 0.5) is 0 Å². The second-order valence-electron chi connectivity index (χ2n) is 4.24. The molecule has 0 radical (unpaired) electrons. The highest BCUT2D eigenvalue weighted by molar-refractivity contribution is 6.20. The van der Waals surface area contributed by atoms with E-state index in [-0.39, 0.29) is 23.4 Å². The molecule has 0 amide bonds. The predicted molar refractivity (Wildman–Crippen MR) is 55.9 cm³/mol. The molecule has 0 aromatic heterocycles. The number of ketones is 2. The van der Waals surface area contributed by atoms with Gasteiger partial charge in [-0.2, -0.15) is 0 Å². The normalized spacial score (nSPS) is 17.6. The zero-order valence-electron chi connectivity index (χ0n) is 9.13. The summed E-state index contributed by atoms with van der Waals surface area (Å²) in [5.74, 6) is 0.222. The maximum absolute atomic E-state index is 11.6. The van der Waals surface area contributed by atoms with Crippen molar-refractivity contribution < 1.29 is 9.59 Å². The molecule has 0 heterocycles. The highest BCUT2D eigenvalue weighted by Crippen LogP contribution is 2.22. The third-order valence-corrected chi connectivity index (χ3v) is 2.39. The van der Waals surface area contributed by atoms with Crippen molar-refractivity contribution in [2.45, 2.75) is 27.7 Å². The van der Waals surface area contributed by atoms with Gasteiger partial charge in [0.25, 0.3) is 0 Å². The number of allylic oxidation sites excluding steroid dienone is 4. The van der Waals surface area contributed by atoms with Gasteiger partial charge < -0.3 is 0 Å². The van der Waals surface area contributed by atoms with E-state index in [0.29, 0.717) is 11.1 Å². The molecule has 0 saturated carbocycles. The second-order valence-corrected chi connectivity index (χ2v) is 4.24. The van der Waals surface area contributed by atoms with Crippen LogP contribution in [0.3, 0.4) is 0 Å². The fraction of sp³-hybridized carbons (Fsp3) is 0.500. The van der Waals surface area contributed by atoms with Crippen LogP contribution >= 0.6 is 0 Å². The van der Waals surface area contributed by atoms with Crippen molar-refractivity contribution in [2.75, 3.05) is 0 Å². The van der Waals surface area contributed by atoms with E-state index < -0.39 is 0 Å². The van der Waals surface area contributed by atoms with Crippen LogP contribution in [0.25, 0.3) is 0 Å². The van der Waals surface area contributed by atoms with Crippen LogP contribution in [0.15, 0.2) is 23.3 Å². The molecule has 76 valence electrons. The zero-order chi connectivity index (χ0) is 10.9. The smallest absolute Gasteiger partial charge is 0.182 e. The molecule has 0 spiro atoms. The number of carbonyl (C=O) groups is 2. The monoisotopic (exact) mass is 192 g/mol. The van der Waals surface area contributed by atoms with Crippen LogP contribution in [0, 0.1) is 11.8 Å². The Bertz CT molecular complexity index is 296. The lowest BCUT2D eigenvalue weighted by molar-refractivity contribution is -0.115. The maximum atomic E-state index is 11.6. The first-order valence-corrected chi connectivity index (χ1v) is 4.95. The second kappa shape index (κ2) is 3.91. The Hall–Kier alpha value is -1.18. The van der Waals surface area contributed by atoms with Gasteiger partial charge in [-0.05, 0) is 24.0 Å². The van der Waals surface area contributed by atoms with Gasteiger partial charge in [0.2, 0.25) is 0 Å². The summed E-state index contributed by atoms with van der Waals surface area (Å²) in [4.78, 5) is 23.2. The minimum Gasteiger partial charge on any atom is -0.290 e. The molecule has 14 heavy (non-hydrogen) atoms. The molecule has 0 atom stereocenters. The number of rotatable bonds is 2. The first-order valence-electron chi connectivity index (χ1n) is 4.95. The highest BCUT2D eigenvalue weighted by atomic mass is 16.1. The largest absolute Gasteiger partial charge is 0.290 e. The van der Waals surface area contributed by atoms with Crippen molar-refractivity contribution in [2.24, 2.45) is 11.8 Å². The van der Waals surface area contributed by atoms with Crippen LogP contribution in [-0.2, 0) is 9.59 Å². The Labute approximate surface area is 84.7 Å². The van der Waals surface area contributed by atoms with Gasteiger partial charge in [-0.15, -0.1) is 0 Å². The lowest BCUT2D eigenvalue weighted by Gasteiger charge is -2.16. The van der Waals surface area contributed by atoms with Crippen molar-refractivity contribution >= 4 is 11.6 Å². The SMILES string of the molecule is CC(C)C1=CC(=O)C(C(C)C)=CC1=O. The van der Waals surface area contributed by atoms with E-state index >= 15 is 0 Å². The molecule has 2 heteroatoms. The molecule has 1 rings (SSSR count). The summed E-state index contributed by atoms with van der Waals surface area (Å²) in [6.45, 7) is 7.69. The zero-order valence-corrected chi connectivity index (χ0v) is 9.13. The number of hydrogen-bond acceptors (Lipinski definition) is 2. The molecule has 0 aliphatic heterocycles. The summed E-state index contributed by atoms with van der Waals surface area (Å²) >= 11 is 0. The molecule has 0 saturated heterocycles. The molecule has 0 bridgehead atoms. The lowest BCUT2D eigenvalue weighted by atomic mass is 9.86. The summed E-state index contributed by atoms with van der Waals surface area (Å²) in [7, 11) is 0. The van der Waals surface area contributed by atoms with E-state index in [1.165, 1.54) is 12.2 Å². The van der Waals surface area contributed by atoms with Gasteiger partial charge >= 0.3 is 0 Å². The summed E-state index contributed by atoms with van der Waals surface area (Å²) in [6, 6.07) is 0. The van der Waals surface area contributed by atoms with Crippen molar-refractivity contribution in [3.8, 4) is 0 Å². The van der Waals surface area contributed by atoms with Gasteiger partial charge in [0.1, 0.15) is 0 Å². The Balaban J connectivity index is 3.02. The third-order valence-electron chi connectivity index (χ3n) is 2.39. The topological polar surface area (TPSA) is 34.1 Å². The number of hydrogen-bond donors (Lipinski definition) is 0. The van der Waals surface area contributed by atoms with Crippen molar-refractivity contribution in [1.82, 2.24) is 0 Å². The highest BCUT2D eigenvalue weighted by Gasteiger charge is 2.23. The fourth-order valence-electron chi connectivity index (χ4n) is 1.49. The Kier molecular flexibility index (Phi) is 3.04. The minimum absolute atomic E-state index is 0.0108. The van der Waals surface area contributed by atoms with E-state index in [9.17, 15) is 9.59 Å². The van der Waals surface area contributed by atoms with Crippen LogP contribution in [0.2, 0.25) is 0 Å². The molecule has 0 N–H and O–H groups in total. The minimum atomic E-state index is -0.0108. The van der Waals surface area contributed by atoms with E-state index in [1.807, 2.05) is 27.7 Å². The predicted octanol–water partition coefficient (Wildman–Crippen LogP) is 2.30. The first-order chi connectivity index (χ1) is 6.43. The van der Waals surface area contributed by atoms with Gasteiger partial charge in [0, 0.05) is 11.1 Å². The van der Waals surface area contributed by atoms with Gasteiger partial charge in [-0.3, -0.25) is 9.59 Å². The Morgan fingerprint density at radius 2 is 1.07 bits per heavy atom. The van der Waals surface area contributed by atoms with Gasteiger partial charge in [-0.1, -0.05) is 27.7 Å². The van der Waals surface area contributed by atoms with Gasteiger partial charge in [0.15, 0.2) is 11.6 Å². The van der Waals surface area contributed by atoms with E-state index in [2.05, 4.69) is 0 Å². The standard InChI is InChI=1S/C12H16O2/c1-7(2)9-5-12(14)10(8(3)4)6-11(9)13/h5-8H,1-4H3. The van der Waals surface area contributed by atoms with Crippen LogP contribution < -0.4 is 0 Å². The molecular formula is C12H16O2. The van der Waals surface area contributed by atoms with Crippen molar-refractivity contribution in [1.29, 1.82) is 0 Å². The third kappa shape index (κ3) is 2.00. The summed E-state index contributed by atoms with van der Waals surface area (Å²) in [5, 5.41) is 0. The van der Waals surface area contributed by atoms with E-state index in [1.54, 1.807) is 0 Å². The quantitative estimate of drug-likeness (QED) is 0.629. The van der Waals surface area contributed by atoms with Crippen molar-refractivity contribution in [3.05, 3.63) is 23.3 Å². The molecule has 1 aliphatic rings. The van der Waals surface area contributed by atoms with Crippen LogP contribution in [0.1, 0.15) is 27.7 Å². The molecule has 2 nitrogen and oxygen atoms in total. The molecule has 1 aliphatic carbocycles. The fourth-order valence-corrected chi connectivity index (χ4v) is 1.49. The molecule has 0 aromatic carbocycles. The average Bonchev–Trinajstić information content (AvgIpc) is 2.07. The molecule has 0 fully saturated rings. The van der Waals surface area contributed by atoms with Crippen LogP contribution in [-0.4, -0.2) is 11.6 Å². The maximum Gasteiger partial charge on any atom is 0.182 e. The van der Waals surface area contributed by atoms with Crippen LogP contribution in [0.5, 0.6) is 0 Å². The first kappa shape index (κ1) is 10.9. The average molecular weight is 192 g/mol. The summed E-state index contributed by atoms with van der Waals surface area (Å²) in [5.41, 5.74) is 1.25.